The summed E-state index contributed by atoms with van der Waals surface area (Å²) in [4.78, 5) is 14.9. The Kier molecular flexibility index (Phi) is 8.34. The zero-order valence-corrected chi connectivity index (χ0v) is 19.1. The molecule has 9 nitrogen and oxygen atoms in total. The van der Waals surface area contributed by atoms with E-state index in [1.807, 2.05) is 6.92 Å². The average molecular weight is 461 g/mol. The SMILES string of the molecule is CCOC(=O)/C([N+]#N)=C(/O)C(C)C(NS(=O)(=O)c1ccc(C)cc1)c1ccc(OC)cc1. The lowest BCUT2D eigenvalue weighted by atomic mass is 9.92. The molecule has 2 aromatic carbocycles. The van der Waals surface area contributed by atoms with Crippen LogP contribution in [0.4, 0.5) is 0 Å². The van der Waals surface area contributed by atoms with Crippen LogP contribution in [0.5, 0.6) is 5.75 Å². The second kappa shape index (κ2) is 10.7. The fourth-order valence-corrected chi connectivity index (χ4v) is 4.30. The molecule has 2 aromatic rings. The summed E-state index contributed by atoms with van der Waals surface area (Å²) in [6, 6.07) is 11.8. The van der Waals surface area contributed by atoms with Crippen LogP contribution < -0.4 is 9.46 Å². The van der Waals surface area contributed by atoms with Gasteiger partial charge in [-0.25, -0.2) is 17.9 Å². The van der Waals surface area contributed by atoms with E-state index in [0.29, 0.717) is 11.3 Å². The average Bonchev–Trinajstić information content (AvgIpc) is 2.78. The molecule has 2 N–H and O–H groups in total. The van der Waals surface area contributed by atoms with E-state index in [0.717, 1.165) is 5.56 Å². The molecule has 170 valence electrons. The van der Waals surface area contributed by atoms with Gasteiger partial charge in [-0.1, -0.05) is 36.8 Å². The lowest BCUT2D eigenvalue weighted by Gasteiger charge is -2.24. The van der Waals surface area contributed by atoms with Gasteiger partial charge in [0.2, 0.25) is 21.2 Å². The van der Waals surface area contributed by atoms with Crippen LogP contribution in [0.25, 0.3) is 4.98 Å². The topological polar surface area (TPSA) is 130 Å². The summed E-state index contributed by atoms with van der Waals surface area (Å²) in [5, 5.41) is 19.9. The zero-order valence-electron chi connectivity index (χ0n) is 18.3. The van der Waals surface area contributed by atoms with Crippen LogP contribution >= 0.6 is 0 Å². The Hall–Kier alpha value is -3.42. The lowest BCUT2D eigenvalue weighted by Crippen LogP contribution is -2.34. The molecule has 0 aliphatic carbocycles. The predicted octanol–water partition coefficient (Wildman–Crippen LogP) is 3.85. The number of diazo groups is 1. The highest BCUT2D eigenvalue weighted by Crippen LogP contribution is 2.31. The molecule has 2 rings (SSSR count). The van der Waals surface area contributed by atoms with E-state index in [1.165, 1.54) is 26.2 Å². The molecule has 2 atom stereocenters. The predicted molar refractivity (Wildman–Crippen MR) is 118 cm³/mol. The van der Waals surface area contributed by atoms with Gasteiger partial charge in [0, 0.05) is 5.92 Å². The third-order valence-corrected chi connectivity index (χ3v) is 6.29. The maximum atomic E-state index is 13.1. The molecule has 0 bridgehead atoms. The highest BCUT2D eigenvalue weighted by atomic mass is 32.2. The molecule has 0 saturated carbocycles. The number of methoxy groups -OCH3 is 1. The monoisotopic (exact) mass is 460 g/mol. The van der Waals surface area contributed by atoms with Crippen LogP contribution in [0.15, 0.2) is 64.9 Å². The number of rotatable bonds is 9. The van der Waals surface area contributed by atoms with Crippen molar-refractivity contribution >= 4 is 16.0 Å². The summed E-state index contributed by atoms with van der Waals surface area (Å²) in [6.07, 6.45) is 0. The van der Waals surface area contributed by atoms with Crippen LogP contribution in [0.1, 0.15) is 31.0 Å². The molecule has 0 aromatic heterocycles. The Bertz CT molecular complexity index is 1120. The molecule has 0 fully saturated rings. The number of carbonyl (C=O) groups is 1. The number of carbonyl (C=O) groups excluding carboxylic acids is 1. The largest absolute Gasteiger partial charge is 0.505 e. The number of hydrogen-bond acceptors (Lipinski definition) is 7. The molecular weight excluding hydrogens is 434 g/mol. The minimum Gasteiger partial charge on any atom is -0.504 e. The Labute approximate surface area is 187 Å². The van der Waals surface area contributed by atoms with Gasteiger partial charge in [0.05, 0.1) is 24.7 Å². The first-order valence-corrected chi connectivity index (χ1v) is 11.3. The molecular formula is C22H26N3O6S+. The van der Waals surface area contributed by atoms with Crippen molar-refractivity contribution < 1.29 is 27.8 Å². The number of hydrogen-bond donors (Lipinski definition) is 2. The van der Waals surface area contributed by atoms with E-state index in [4.69, 9.17) is 9.47 Å². The van der Waals surface area contributed by atoms with Gasteiger partial charge in [0.25, 0.3) is 0 Å². The molecule has 0 spiro atoms. The van der Waals surface area contributed by atoms with E-state index in [-0.39, 0.29) is 11.5 Å². The molecule has 0 aliphatic rings. The van der Waals surface area contributed by atoms with Gasteiger partial charge in [-0.15, -0.1) is 0 Å². The second-order valence-electron chi connectivity index (χ2n) is 7.03. The Morgan fingerprint density at radius 2 is 1.75 bits per heavy atom. The first-order chi connectivity index (χ1) is 15.1. The van der Waals surface area contributed by atoms with Gasteiger partial charge in [-0.05, 0) is 43.7 Å². The van der Waals surface area contributed by atoms with Gasteiger partial charge in [0.1, 0.15) is 5.75 Å². The van der Waals surface area contributed by atoms with E-state index in [2.05, 4.69) is 9.70 Å². The summed E-state index contributed by atoms with van der Waals surface area (Å²) in [5.41, 5.74) is 0.683. The number of nitrogens with one attached hydrogen (secondary N) is 1. The highest BCUT2D eigenvalue weighted by molar-refractivity contribution is 7.89. The van der Waals surface area contributed by atoms with E-state index < -0.39 is 39.4 Å². The van der Waals surface area contributed by atoms with E-state index >= 15 is 0 Å². The number of aliphatic hydroxyl groups excluding tert-OH is 1. The van der Waals surface area contributed by atoms with Crippen LogP contribution in [-0.4, -0.2) is 33.2 Å². The fraction of sp³-hybridized carbons (Fsp3) is 0.318. The number of ether oxygens (including phenoxy) is 2. The summed E-state index contributed by atoms with van der Waals surface area (Å²) >= 11 is 0. The van der Waals surface area contributed by atoms with Gasteiger partial charge < -0.3 is 14.6 Å². The van der Waals surface area contributed by atoms with E-state index in [9.17, 15) is 23.7 Å². The second-order valence-corrected chi connectivity index (χ2v) is 8.74. The lowest BCUT2D eigenvalue weighted by molar-refractivity contribution is -0.138. The molecule has 32 heavy (non-hydrogen) atoms. The van der Waals surface area contributed by atoms with Crippen LogP contribution in [0.3, 0.4) is 0 Å². The number of benzene rings is 2. The zero-order chi connectivity index (χ0) is 23.9. The van der Waals surface area contributed by atoms with Crippen molar-refractivity contribution in [3.63, 3.8) is 0 Å². The van der Waals surface area contributed by atoms with Gasteiger partial charge >= 0.3 is 11.7 Å². The molecule has 0 heterocycles. The van der Waals surface area contributed by atoms with Crippen molar-refractivity contribution in [2.45, 2.75) is 31.7 Å². The number of esters is 1. The van der Waals surface area contributed by atoms with Crippen LogP contribution in [0.2, 0.25) is 0 Å². The molecule has 0 saturated heterocycles. The van der Waals surface area contributed by atoms with Gasteiger partial charge in [-0.3, -0.25) is 0 Å². The van der Waals surface area contributed by atoms with Crippen molar-refractivity contribution in [3.8, 4) is 5.75 Å². The fourth-order valence-electron chi connectivity index (χ4n) is 2.99. The van der Waals surface area contributed by atoms with Gasteiger partial charge in [-0.2, -0.15) is 0 Å². The summed E-state index contributed by atoms with van der Waals surface area (Å²) in [6.45, 7) is 4.89. The number of aliphatic hydroxyl groups is 1. The maximum absolute atomic E-state index is 13.1. The Balaban J connectivity index is 2.54. The van der Waals surface area contributed by atoms with E-state index in [1.54, 1.807) is 43.3 Å². The van der Waals surface area contributed by atoms with Crippen molar-refractivity contribution in [2.24, 2.45) is 5.92 Å². The molecule has 10 heteroatoms. The molecule has 2 unspecified atom stereocenters. The normalized spacial score (nSPS) is 14.0. The molecule has 0 amide bonds. The third kappa shape index (κ3) is 5.84. The van der Waals surface area contributed by atoms with Crippen molar-refractivity contribution in [1.29, 1.82) is 5.39 Å². The quantitative estimate of drug-likeness (QED) is 0.252. The van der Waals surface area contributed by atoms with Crippen LogP contribution in [0, 0.1) is 18.2 Å². The Morgan fingerprint density at radius 1 is 1.16 bits per heavy atom. The number of sulfonamides is 1. The standard InChI is InChI=1S/C22H25N3O6S/c1-5-31-22(27)20(24-23)21(26)15(3)19(16-8-10-17(30-4)11-9-16)25-32(28,29)18-12-6-14(2)7-13-18/h6-13,15,19,25H,5H2,1-4H3/p+1. The number of nitrogens with zero attached hydrogens (tertiary/aromatic N) is 2. The first-order valence-electron chi connectivity index (χ1n) is 9.82. The molecule has 0 aliphatic heterocycles. The van der Waals surface area contributed by atoms with Crippen molar-refractivity contribution in [3.05, 3.63) is 76.1 Å². The Morgan fingerprint density at radius 3 is 2.25 bits per heavy atom. The number of aryl methyl sites for hydroxylation is 1. The summed E-state index contributed by atoms with van der Waals surface area (Å²) < 4.78 is 38.6. The van der Waals surface area contributed by atoms with Crippen LogP contribution in [-0.2, 0) is 19.6 Å². The minimum atomic E-state index is -4.01. The smallest absolute Gasteiger partial charge is 0.504 e. The first kappa shape index (κ1) is 24.8. The van der Waals surface area contributed by atoms with Gasteiger partial charge in [0.15, 0.2) is 4.98 Å². The maximum Gasteiger partial charge on any atom is 0.505 e. The van der Waals surface area contributed by atoms with Crippen molar-refractivity contribution in [2.75, 3.05) is 13.7 Å². The third-order valence-electron chi connectivity index (χ3n) is 4.83. The minimum absolute atomic E-state index is 0.00146. The summed E-state index contributed by atoms with van der Waals surface area (Å²) in [7, 11) is -2.51. The summed E-state index contributed by atoms with van der Waals surface area (Å²) in [5.74, 6) is -2.11. The highest BCUT2D eigenvalue weighted by Gasteiger charge is 2.38. The van der Waals surface area contributed by atoms with Crippen molar-refractivity contribution in [1.82, 2.24) is 4.72 Å². The molecule has 0 radical (unpaired) electrons.